The van der Waals surface area contributed by atoms with Crippen molar-refractivity contribution in [1.82, 2.24) is 0 Å². The van der Waals surface area contributed by atoms with E-state index >= 15 is 0 Å². The number of esters is 1. The molecule has 0 fully saturated rings. The molecule has 0 radical (unpaired) electrons. The van der Waals surface area contributed by atoms with Crippen molar-refractivity contribution in [3.63, 3.8) is 0 Å². The van der Waals surface area contributed by atoms with Crippen molar-refractivity contribution in [2.45, 2.75) is 12.5 Å². The zero-order valence-electron chi connectivity index (χ0n) is 12.2. The Morgan fingerprint density at radius 1 is 1.36 bits per heavy atom. The number of methoxy groups -OCH3 is 1. The normalized spacial score (nSPS) is 24.7. The second-order valence-corrected chi connectivity index (χ2v) is 5.51. The van der Waals surface area contributed by atoms with E-state index in [0.29, 0.717) is 24.2 Å². The first kappa shape index (κ1) is 14.8. The van der Waals surface area contributed by atoms with Gasteiger partial charge in [-0.3, -0.25) is 0 Å². The lowest BCUT2D eigenvalue weighted by Crippen LogP contribution is -2.28. The number of allylic oxidation sites excluding steroid dienone is 1. The molecule has 0 spiro atoms. The number of aliphatic hydroxyl groups excluding tert-OH is 1. The molecule has 0 bridgehead atoms. The van der Waals surface area contributed by atoms with Gasteiger partial charge < -0.3 is 14.6 Å². The summed E-state index contributed by atoms with van der Waals surface area (Å²) in [5, 5.41) is 10.6. The summed E-state index contributed by atoms with van der Waals surface area (Å²) in [6.45, 7) is 0.412. The highest BCUT2D eigenvalue weighted by Gasteiger charge is 2.40. The standard InChI is InChI=1S/C17H17FO4/c1-21-17(20)15-9-22-8-14-12(15)6-7-13(14)16(19)10-2-4-11(18)5-3-10/h2-5,7,9,12,14,16,19H,6,8H2,1H3. The van der Waals surface area contributed by atoms with E-state index in [1.807, 2.05) is 6.08 Å². The van der Waals surface area contributed by atoms with Gasteiger partial charge in [0.1, 0.15) is 11.9 Å². The summed E-state index contributed by atoms with van der Waals surface area (Å²) in [5.41, 5.74) is 1.94. The van der Waals surface area contributed by atoms with E-state index in [-0.39, 0.29) is 17.7 Å². The molecular weight excluding hydrogens is 287 g/mol. The van der Waals surface area contributed by atoms with Gasteiger partial charge in [0.15, 0.2) is 0 Å². The van der Waals surface area contributed by atoms with Crippen molar-refractivity contribution >= 4 is 5.97 Å². The fraction of sp³-hybridized carbons (Fsp3) is 0.353. The maximum absolute atomic E-state index is 13.0. The van der Waals surface area contributed by atoms with Crippen LogP contribution in [0.5, 0.6) is 0 Å². The van der Waals surface area contributed by atoms with Crippen LogP contribution in [-0.4, -0.2) is 24.8 Å². The minimum absolute atomic E-state index is 0.0358. The molecule has 1 aliphatic heterocycles. The fourth-order valence-corrected chi connectivity index (χ4v) is 3.17. The average Bonchev–Trinajstić information content (AvgIpc) is 2.98. The predicted octanol–water partition coefficient (Wildman–Crippen LogP) is 2.51. The minimum atomic E-state index is -0.823. The maximum atomic E-state index is 13.0. The smallest absolute Gasteiger partial charge is 0.337 e. The van der Waals surface area contributed by atoms with Gasteiger partial charge in [-0.05, 0) is 29.7 Å². The number of hydrogen-bond acceptors (Lipinski definition) is 4. The van der Waals surface area contributed by atoms with Crippen LogP contribution in [0.4, 0.5) is 4.39 Å². The van der Waals surface area contributed by atoms with Crippen molar-refractivity contribution in [2.75, 3.05) is 13.7 Å². The first-order valence-electron chi connectivity index (χ1n) is 7.15. The van der Waals surface area contributed by atoms with E-state index in [9.17, 15) is 14.3 Å². The largest absolute Gasteiger partial charge is 0.500 e. The number of fused-ring (bicyclic) bond motifs is 1. The number of rotatable bonds is 3. The highest BCUT2D eigenvalue weighted by molar-refractivity contribution is 5.89. The van der Waals surface area contributed by atoms with Crippen LogP contribution in [0.25, 0.3) is 0 Å². The molecule has 0 amide bonds. The van der Waals surface area contributed by atoms with E-state index in [1.165, 1.54) is 25.5 Å². The third-order valence-corrected chi connectivity index (χ3v) is 4.33. The van der Waals surface area contributed by atoms with Gasteiger partial charge in [0.25, 0.3) is 0 Å². The molecule has 1 aromatic rings. The number of benzene rings is 1. The number of halogens is 1. The Labute approximate surface area is 127 Å². The summed E-state index contributed by atoms with van der Waals surface area (Å²) in [6.07, 6.45) is 3.22. The second-order valence-electron chi connectivity index (χ2n) is 5.51. The van der Waals surface area contributed by atoms with Crippen LogP contribution in [0, 0.1) is 17.7 Å². The van der Waals surface area contributed by atoms with Gasteiger partial charge in [0.2, 0.25) is 0 Å². The molecule has 1 N–H and O–H groups in total. The first-order chi connectivity index (χ1) is 10.6. The Kier molecular flexibility index (Phi) is 3.98. The van der Waals surface area contributed by atoms with Crippen LogP contribution < -0.4 is 0 Å². The van der Waals surface area contributed by atoms with Gasteiger partial charge in [0, 0.05) is 11.8 Å². The molecule has 1 aromatic carbocycles. The SMILES string of the molecule is COC(=O)C1=COCC2C(C(O)c3ccc(F)cc3)=CCC12. The van der Waals surface area contributed by atoms with Crippen molar-refractivity contribution in [3.8, 4) is 0 Å². The summed E-state index contributed by atoms with van der Waals surface area (Å²) in [5.74, 6) is -0.850. The Morgan fingerprint density at radius 2 is 2.09 bits per heavy atom. The molecule has 0 saturated carbocycles. The number of hydrogen-bond donors (Lipinski definition) is 1. The first-order valence-corrected chi connectivity index (χ1v) is 7.15. The molecule has 3 unspecified atom stereocenters. The lowest BCUT2D eigenvalue weighted by atomic mass is 9.82. The fourth-order valence-electron chi connectivity index (χ4n) is 3.17. The highest BCUT2D eigenvalue weighted by atomic mass is 19.1. The molecule has 1 aliphatic carbocycles. The third-order valence-electron chi connectivity index (χ3n) is 4.33. The molecule has 1 heterocycles. The second kappa shape index (κ2) is 5.93. The highest BCUT2D eigenvalue weighted by Crippen LogP contribution is 2.44. The Hall–Kier alpha value is -2.14. The Morgan fingerprint density at radius 3 is 2.77 bits per heavy atom. The summed E-state index contributed by atoms with van der Waals surface area (Å²) in [6, 6.07) is 5.77. The molecule has 4 nitrogen and oxygen atoms in total. The van der Waals surface area contributed by atoms with E-state index in [2.05, 4.69) is 0 Å². The zero-order valence-corrected chi connectivity index (χ0v) is 12.2. The summed E-state index contributed by atoms with van der Waals surface area (Å²) < 4.78 is 23.2. The molecule has 0 aromatic heterocycles. The molecule has 3 atom stereocenters. The van der Waals surface area contributed by atoms with Crippen molar-refractivity contribution in [1.29, 1.82) is 0 Å². The number of ether oxygens (including phenoxy) is 2. The molecule has 0 saturated heterocycles. The van der Waals surface area contributed by atoms with Gasteiger partial charge in [0.05, 0.1) is 25.6 Å². The van der Waals surface area contributed by atoms with E-state index in [0.717, 1.165) is 5.57 Å². The number of carbonyl (C=O) groups is 1. The van der Waals surface area contributed by atoms with Gasteiger partial charge >= 0.3 is 5.97 Å². The van der Waals surface area contributed by atoms with E-state index in [4.69, 9.17) is 9.47 Å². The average molecular weight is 304 g/mol. The Balaban J connectivity index is 1.81. The zero-order chi connectivity index (χ0) is 15.7. The summed E-state index contributed by atoms with van der Waals surface area (Å²) in [7, 11) is 1.34. The van der Waals surface area contributed by atoms with E-state index in [1.54, 1.807) is 12.1 Å². The number of aliphatic hydroxyl groups is 1. The maximum Gasteiger partial charge on any atom is 0.337 e. The lowest BCUT2D eigenvalue weighted by molar-refractivity contribution is -0.137. The summed E-state index contributed by atoms with van der Waals surface area (Å²) >= 11 is 0. The van der Waals surface area contributed by atoms with Gasteiger partial charge in [-0.2, -0.15) is 0 Å². The van der Waals surface area contributed by atoms with Crippen LogP contribution in [-0.2, 0) is 14.3 Å². The van der Waals surface area contributed by atoms with E-state index < -0.39 is 12.1 Å². The van der Waals surface area contributed by atoms with Crippen LogP contribution in [0.15, 0.2) is 47.7 Å². The van der Waals surface area contributed by atoms with Crippen LogP contribution in [0.1, 0.15) is 18.1 Å². The summed E-state index contributed by atoms with van der Waals surface area (Å²) in [4.78, 5) is 11.8. The van der Waals surface area contributed by atoms with Crippen molar-refractivity contribution in [3.05, 3.63) is 59.1 Å². The van der Waals surface area contributed by atoms with Crippen LogP contribution >= 0.6 is 0 Å². The molecule has 116 valence electrons. The molecule has 3 rings (SSSR count). The quantitative estimate of drug-likeness (QED) is 0.688. The monoisotopic (exact) mass is 304 g/mol. The molecule has 5 heteroatoms. The van der Waals surface area contributed by atoms with Gasteiger partial charge in [-0.25, -0.2) is 9.18 Å². The van der Waals surface area contributed by atoms with Gasteiger partial charge in [-0.1, -0.05) is 18.2 Å². The third kappa shape index (κ3) is 2.52. The molecule has 22 heavy (non-hydrogen) atoms. The minimum Gasteiger partial charge on any atom is -0.500 e. The molecular formula is C17H17FO4. The van der Waals surface area contributed by atoms with Crippen LogP contribution in [0.2, 0.25) is 0 Å². The van der Waals surface area contributed by atoms with Gasteiger partial charge in [-0.15, -0.1) is 0 Å². The van der Waals surface area contributed by atoms with Crippen molar-refractivity contribution < 1.29 is 23.8 Å². The lowest BCUT2D eigenvalue weighted by Gasteiger charge is -2.29. The Bertz CT molecular complexity index is 633. The predicted molar refractivity (Wildman–Crippen MR) is 77.1 cm³/mol. The topological polar surface area (TPSA) is 55.8 Å². The molecule has 2 aliphatic rings. The number of carbonyl (C=O) groups excluding carboxylic acids is 1. The van der Waals surface area contributed by atoms with Crippen LogP contribution in [0.3, 0.4) is 0 Å². The van der Waals surface area contributed by atoms with Crippen molar-refractivity contribution in [2.24, 2.45) is 11.8 Å².